The fourth-order valence-electron chi connectivity index (χ4n) is 2.64. The molecule has 0 amide bonds. The van der Waals surface area contributed by atoms with E-state index in [0.29, 0.717) is 12.8 Å². The highest BCUT2D eigenvalue weighted by atomic mass is 16.4. The van der Waals surface area contributed by atoms with E-state index in [2.05, 4.69) is 5.32 Å². The van der Waals surface area contributed by atoms with Gasteiger partial charge in [-0.1, -0.05) is 13.8 Å². The maximum atomic E-state index is 11.2. The van der Waals surface area contributed by atoms with Gasteiger partial charge >= 0.3 is 11.9 Å². The summed E-state index contributed by atoms with van der Waals surface area (Å²) in [6.45, 7) is 5.52. The Bertz CT molecular complexity index is 304. The summed E-state index contributed by atoms with van der Waals surface area (Å²) in [4.78, 5) is 22.1. The SMILES string of the molecule is CCC(C(=O)O)C1(C)NC(C(=O)O)CC1C. The van der Waals surface area contributed by atoms with Gasteiger partial charge in [0, 0.05) is 5.54 Å². The molecule has 1 rings (SSSR count). The molecule has 5 nitrogen and oxygen atoms in total. The Morgan fingerprint density at radius 2 is 2.06 bits per heavy atom. The van der Waals surface area contributed by atoms with E-state index in [4.69, 9.17) is 10.2 Å². The first kappa shape index (κ1) is 13.0. The highest BCUT2D eigenvalue weighted by Gasteiger charge is 2.50. The number of aliphatic carboxylic acids is 2. The van der Waals surface area contributed by atoms with E-state index in [9.17, 15) is 9.59 Å². The third kappa shape index (κ3) is 2.04. The number of carbonyl (C=O) groups is 2. The van der Waals surface area contributed by atoms with Crippen molar-refractivity contribution in [3.8, 4) is 0 Å². The molecule has 4 atom stereocenters. The van der Waals surface area contributed by atoms with Gasteiger partial charge in [0.25, 0.3) is 0 Å². The molecule has 0 spiro atoms. The molecule has 4 unspecified atom stereocenters. The molecule has 1 heterocycles. The minimum atomic E-state index is -0.907. The Kier molecular flexibility index (Phi) is 3.57. The predicted octanol–water partition coefficient (Wildman–Crippen LogP) is 0.938. The number of carboxylic acid groups (broad SMARTS) is 2. The summed E-state index contributed by atoms with van der Waals surface area (Å²) in [5.74, 6) is -2.28. The molecule has 1 aliphatic rings. The summed E-state index contributed by atoms with van der Waals surface area (Å²) in [5, 5.41) is 21.1. The van der Waals surface area contributed by atoms with Crippen LogP contribution in [0, 0.1) is 11.8 Å². The summed E-state index contributed by atoms with van der Waals surface area (Å²) < 4.78 is 0. The Hall–Kier alpha value is -1.10. The smallest absolute Gasteiger partial charge is 0.320 e. The third-order valence-electron chi connectivity index (χ3n) is 3.83. The van der Waals surface area contributed by atoms with Gasteiger partial charge in [-0.25, -0.2) is 0 Å². The zero-order valence-electron chi connectivity index (χ0n) is 9.86. The van der Waals surface area contributed by atoms with Gasteiger partial charge in [0.15, 0.2) is 0 Å². The molecule has 1 fully saturated rings. The van der Waals surface area contributed by atoms with Crippen LogP contribution in [0.3, 0.4) is 0 Å². The highest BCUT2D eigenvalue weighted by Crippen LogP contribution is 2.37. The van der Waals surface area contributed by atoms with Crippen molar-refractivity contribution in [3.05, 3.63) is 0 Å². The van der Waals surface area contributed by atoms with Crippen LogP contribution in [-0.2, 0) is 9.59 Å². The third-order valence-corrected chi connectivity index (χ3v) is 3.83. The molecule has 0 aliphatic carbocycles. The van der Waals surface area contributed by atoms with E-state index in [0.717, 1.165) is 0 Å². The van der Waals surface area contributed by atoms with E-state index in [1.165, 1.54) is 0 Å². The van der Waals surface area contributed by atoms with Crippen molar-refractivity contribution in [2.24, 2.45) is 11.8 Å². The topological polar surface area (TPSA) is 86.6 Å². The lowest BCUT2D eigenvalue weighted by Crippen LogP contribution is -2.53. The molecule has 3 N–H and O–H groups in total. The normalized spacial score (nSPS) is 35.9. The van der Waals surface area contributed by atoms with E-state index in [1.54, 1.807) is 0 Å². The summed E-state index contributed by atoms with van der Waals surface area (Å²) in [6.07, 6.45) is 0.977. The molecule has 1 aliphatic heterocycles. The Balaban J connectivity index is 2.92. The second kappa shape index (κ2) is 4.41. The lowest BCUT2D eigenvalue weighted by molar-refractivity contribution is -0.146. The van der Waals surface area contributed by atoms with Gasteiger partial charge in [0.1, 0.15) is 6.04 Å². The molecule has 0 aromatic carbocycles. The summed E-state index contributed by atoms with van der Waals surface area (Å²) >= 11 is 0. The molecular formula is C11H19NO4. The Morgan fingerprint density at radius 3 is 2.38 bits per heavy atom. The second-order valence-corrected chi connectivity index (χ2v) is 4.75. The van der Waals surface area contributed by atoms with Crippen molar-refractivity contribution >= 4 is 11.9 Å². The molecule has 16 heavy (non-hydrogen) atoms. The molecule has 0 saturated carbocycles. The molecule has 0 aromatic rings. The summed E-state index contributed by atoms with van der Waals surface area (Å²) in [6, 6.07) is -0.631. The number of hydrogen-bond donors (Lipinski definition) is 3. The standard InChI is InChI=1S/C11H19NO4/c1-4-7(9(13)14)11(3)6(2)5-8(12-11)10(15)16/h6-8,12H,4-5H2,1-3H3,(H,13,14)(H,15,16). The summed E-state index contributed by atoms with van der Waals surface area (Å²) in [7, 11) is 0. The van der Waals surface area contributed by atoms with Gasteiger partial charge in [-0.3, -0.25) is 14.9 Å². The van der Waals surface area contributed by atoms with Crippen LogP contribution in [-0.4, -0.2) is 33.7 Å². The predicted molar refractivity (Wildman–Crippen MR) is 58.2 cm³/mol. The van der Waals surface area contributed by atoms with Crippen molar-refractivity contribution in [1.82, 2.24) is 5.32 Å². The monoisotopic (exact) mass is 229 g/mol. The molecule has 1 saturated heterocycles. The molecular weight excluding hydrogens is 210 g/mol. The van der Waals surface area contributed by atoms with Crippen molar-refractivity contribution in [3.63, 3.8) is 0 Å². The van der Waals surface area contributed by atoms with E-state index in [-0.39, 0.29) is 5.92 Å². The minimum absolute atomic E-state index is 0.0367. The van der Waals surface area contributed by atoms with Crippen molar-refractivity contribution in [1.29, 1.82) is 0 Å². The number of rotatable bonds is 4. The number of nitrogens with one attached hydrogen (secondary N) is 1. The molecule has 5 heteroatoms. The maximum Gasteiger partial charge on any atom is 0.320 e. The van der Waals surface area contributed by atoms with Gasteiger partial charge in [0.2, 0.25) is 0 Å². The zero-order chi connectivity index (χ0) is 12.5. The lowest BCUT2D eigenvalue weighted by atomic mass is 9.76. The highest BCUT2D eigenvalue weighted by molar-refractivity contribution is 5.76. The maximum absolute atomic E-state index is 11.2. The van der Waals surface area contributed by atoms with Crippen LogP contribution in [0.4, 0.5) is 0 Å². The van der Waals surface area contributed by atoms with Gasteiger partial charge in [-0.2, -0.15) is 0 Å². The fourth-order valence-corrected chi connectivity index (χ4v) is 2.64. The first-order valence-corrected chi connectivity index (χ1v) is 5.56. The van der Waals surface area contributed by atoms with Crippen LogP contribution >= 0.6 is 0 Å². The molecule has 92 valence electrons. The van der Waals surface area contributed by atoms with Crippen molar-refractivity contribution < 1.29 is 19.8 Å². The molecule has 0 radical (unpaired) electrons. The van der Waals surface area contributed by atoms with E-state index < -0.39 is 29.4 Å². The van der Waals surface area contributed by atoms with Crippen LogP contribution in [0.1, 0.15) is 33.6 Å². The average Bonchev–Trinajstić information content (AvgIpc) is 2.44. The van der Waals surface area contributed by atoms with Crippen LogP contribution in [0.2, 0.25) is 0 Å². The number of carboxylic acids is 2. The fraction of sp³-hybridized carbons (Fsp3) is 0.818. The summed E-state index contributed by atoms with van der Waals surface area (Å²) in [5.41, 5.74) is -0.635. The first-order chi connectivity index (χ1) is 7.32. The largest absolute Gasteiger partial charge is 0.481 e. The van der Waals surface area contributed by atoms with Crippen molar-refractivity contribution in [2.75, 3.05) is 0 Å². The van der Waals surface area contributed by atoms with Crippen LogP contribution in [0.25, 0.3) is 0 Å². The van der Waals surface area contributed by atoms with E-state index in [1.807, 2.05) is 20.8 Å². The molecule has 0 aromatic heterocycles. The van der Waals surface area contributed by atoms with Crippen LogP contribution in [0.5, 0.6) is 0 Å². The Morgan fingerprint density at radius 1 is 1.50 bits per heavy atom. The van der Waals surface area contributed by atoms with Gasteiger partial charge in [-0.05, 0) is 25.7 Å². The minimum Gasteiger partial charge on any atom is -0.481 e. The number of hydrogen-bond acceptors (Lipinski definition) is 3. The molecule has 0 bridgehead atoms. The lowest BCUT2D eigenvalue weighted by Gasteiger charge is -2.35. The quantitative estimate of drug-likeness (QED) is 0.667. The van der Waals surface area contributed by atoms with Crippen LogP contribution < -0.4 is 5.32 Å². The van der Waals surface area contributed by atoms with Gasteiger partial charge in [0.05, 0.1) is 5.92 Å². The van der Waals surface area contributed by atoms with Crippen molar-refractivity contribution in [2.45, 2.75) is 45.2 Å². The van der Waals surface area contributed by atoms with Gasteiger partial charge < -0.3 is 10.2 Å². The first-order valence-electron chi connectivity index (χ1n) is 5.56. The Labute approximate surface area is 94.8 Å². The zero-order valence-corrected chi connectivity index (χ0v) is 9.86. The average molecular weight is 229 g/mol. The van der Waals surface area contributed by atoms with E-state index >= 15 is 0 Å². The van der Waals surface area contributed by atoms with Gasteiger partial charge in [-0.15, -0.1) is 0 Å². The second-order valence-electron chi connectivity index (χ2n) is 4.75. The van der Waals surface area contributed by atoms with Crippen LogP contribution in [0.15, 0.2) is 0 Å².